The van der Waals surface area contributed by atoms with Crippen LogP contribution in [0.4, 0.5) is 0 Å². The molecule has 0 amide bonds. The van der Waals surface area contributed by atoms with Crippen LogP contribution < -0.4 is 0 Å². The van der Waals surface area contributed by atoms with Crippen LogP contribution in [0, 0.1) is 18.8 Å². The average Bonchev–Trinajstić information content (AvgIpc) is 2.67. The van der Waals surface area contributed by atoms with Crippen LogP contribution in [-0.4, -0.2) is 4.98 Å². The van der Waals surface area contributed by atoms with Crippen molar-refractivity contribution >= 4 is 10.9 Å². The molecule has 0 radical (unpaired) electrons. The Bertz CT molecular complexity index is 1080. The fourth-order valence-corrected chi connectivity index (χ4v) is 2.75. The van der Waals surface area contributed by atoms with Crippen LogP contribution >= 0.6 is 0 Å². The highest BCUT2D eigenvalue weighted by Gasteiger charge is 2.02. The van der Waals surface area contributed by atoms with Gasteiger partial charge in [-0.2, -0.15) is 0 Å². The lowest BCUT2D eigenvalue weighted by molar-refractivity contribution is 1.38. The van der Waals surface area contributed by atoms with Gasteiger partial charge in [-0.25, -0.2) is 4.98 Å². The normalized spacial score (nSPS) is 10.3. The van der Waals surface area contributed by atoms with E-state index in [4.69, 9.17) is 4.98 Å². The molecule has 0 saturated carbocycles. The molecule has 4 rings (SSSR count). The molecule has 1 nitrogen and oxygen atoms in total. The Morgan fingerprint density at radius 2 is 1.44 bits per heavy atom. The number of benzene rings is 3. The minimum Gasteiger partial charge on any atom is -0.248 e. The summed E-state index contributed by atoms with van der Waals surface area (Å²) in [6.07, 6.45) is 0. The summed E-state index contributed by atoms with van der Waals surface area (Å²) in [7, 11) is 0. The second-order valence-corrected chi connectivity index (χ2v) is 6.09. The Labute approximate surface area is 148 Å². The number of hydrogen-bond acceptors (Lipinski definition) is 1. The summed E-state index contributed by atoms with van der Waals surface area (Å²) in [4.78, 5) is 4.79. The molecule has 4 aromatic rings. The summed E-state index contributed by atoms with van der Waals surface area (Å²) in [6.45, 7) is 2.09. The first kappa shape index (κ1) is 15.2. The Morgan fingerprint density at radius 3 is 2.24 bits per heavy atom. The molecule has 0 unspecified atom stereocenters. The van der Waals surface area contributed by atoms with Gasteiger partial charge in [0.25, 0.3) is 0 Å². The van der Waals surface area contributed by atoms with Crippen LogP contribution in [-0.2, 0) is 0 Å². The van der Waals surface area contributed by atoms with Crippen LogP contribution in [0.2, 0.25) is 0 Å². The van der Waals surface area contributed by atoms with Crippen LogP contribution in [0.25, 0.3) is 22.2 Å². The summed E-state index contributed by atoms with van der Waals surface area (Å²) in [6, 6.07) is 28.8. The van der Waals surface area contributed by atoms with Gasteiger partial charge >= 0.3 is 0 Å². The predicted octanol–water partition coefficient (Wildman–Crippen LogP) is 5.61. The van der Waals surface area contributed by atoms with E-state index in [2.05, 4.69) is 61.2 Å². The SMILES string of the molecule is Cc1ccc(-c2ccc3cc(C#Cc4ccccc4)ccc3n2)cc1. The standard InChI is InChI=1S/C24H17N/c1-18-7-12-21(13-8-18)23-16-14-22-17-20(11-15-24(22)25-23)10-9-19-5-3-2-4-6-19/h2-8,11-17H,1H3. The minimum absolute atomic E-state index is 0.989. The third-order valence-corrected chi connectivity index (χ3v) is 4.16. The lowest BCUT2D eigenvalue weighted by Crippen LogP contribution is -1.86. The Kier molecular flexibility index (Phi) is 4.02. The van der Waals surface area contributed by atoms with Gasteiger partial charge in [0.1, 0.15) is 0 Å². The first-order valence-corrected chi connectivity index (χ1v) is 8.33. The molecule has 0 aliphatic carbocycles. The third-order valence-electron chi connectivity index (χ3n) is 4.16. The Balaban J connectivity index is 1.67. The molecular weight excluding hydrogens is 302 g/mol. The fourth-order valence-electron chi connectivity index (χ4n) is 2.75. The van der Waals surface area contributed by atoms with Crippen molar-refractivity contribution in [2.75, 3.05) is 0 Å². The first-order valence-electron chi connectivity index (χ1n) is 8.33. The smallest absolute Gasteiger partial charge is 0.0710 e. The third kappa shape index (κ3) is 3.44. The van der Waals surface area contributed by atoms with Gasteiger partial charge < -0.3 is 0 Å². The van der Waals surface area contributed by atoms with Crippen molar-refractivity contribution in [2.24, 2.45) is 0 Å². The number of aromatic nitrogens is 1. The van der Waals surface area contributed by atoms with Crippen molar-refractivity contribution in [3.63, 3.8) is 0 Å². The highest BCUT2D eigenvalue weighted by molar-refractivity contribution is 5.83. The zero-order valence-electron chi connectivity index (χ0n) is 14.0. The molecule has 25 heavy (non-hydrogen) atoms. The lowest BCUT2D eigenvalue weighted by atomic mass is 10.1. The van der Waals surface area contributed by atoms with Crippen LogP contribution in [0.5, 0.6) is 0 Å². The number of aryl methyl sites for hydroxylation is 1. The molecule has 0 aliphatic heterocycles. The van der Waals surface area contributed by atoms with E-state index in [9.17, 15) is 0 Å². The fraction of sp³-hybridized carbons (Fsp3) is 0.0417. The monoisotopic (exact) mass is 319 g/mol. The highest BCUT2D eigenvalue weighted by Crippen LogP contribution is 2.22. The quantitative estimate of drug-likeness (QED) is 0.416. The van der Waals surface area contributed by atoms with E-state index in [-0.39, 0.29) is 0 Å². The van der Waals surface area contributed by atoms with E-state index >= 15 is 0 Å². The number of rotatable bonds is 1. The van der Waals surface area contributed by atoms with Gasteiger partial charge in [-0.05, 0) is 43.3 Å². The van der Waals surface area contributed by atoms with E-state index in [1.165, 1.54) is 5.56 Å². The molecule has 1 aromatic heterocycles. The molecule has 0 N–H and O–H groups in total. The largest absolute Gasteiger partial charge is 0.248 e. The molecule has 0 aliphatic rings. The predicted molar refractivity (Wildman–Crippen MR) is 104 cm³/mol. The maximum atomic E-state index is 4.79. The molecule has 0 atom stereocenters. The number of fused-ring (bicyclic) bond motifs is 1. The number of hydrogen-bond donors (Lipinski definition) is 0. The maximum Gasteiger partial charge on any atom is 0.0710 e. The molecule has 0 saturated heterocycles. The molecular formula is C24H17N. The topological polar surface area (TPSA) is 12.9 Å². The van der Waals surface area contributed by atoms with Crippen molar-refractivity contribution in [2.45, 2.75) is 6.92 Å². The molecule has 0 spiro atoms. The van der Waals surface area contributed by atoms with E-state index in [0.29, 0.717) is 0 Å². The summed E-state index contributed by atoms with van der Waals surface area (Å²) < 4.78 is 0. The maximum absolute atomic E-state index is 4.79. The van der Waals surface area contributed by atoms with Gasteiger partial charge in [0, 0.05) is 22.1 Å². The number of pyridine rings is 1. The molecule has 0 fully saturated rings. The first-order chi connectivity index (χ1) is 12.3. The number of nitrogens with zero attached hydrogens (tertiary/aromatic N) is 1. The Hall–Kier alpha value is -3.37. The average molecular weight is 319 g/mol. The second-order valence-electron chi connectivity index (χ2n) is 6.09. The summed E-state index contributed by atoms with van der Waals surface area (Å²) in [5.74, 6) is 6.43. The highest BCUT2D eigenvalue weighted by atomic mass is 14.7. The molecule has 1 heterocycles. The van der Waals surface area contributed by atoms with Gasteiger partial charge in [0.15, 0.2) is 0 Å². The molecule has 0 bridgehead atoms. The van der Waals surface area contributed by atoms with Crippen molar-refractivity contribution in [1.82, 2.24) is 4.98 Å². The van der Waals surface area contributed by atoms with Gasteiger partial charge in [-0.1, -0.05) is 65.9 Å². The zero-order chi connectivity index (χ0) is 17.1. The zero-order valence-corrected chi connectivity index (χ0v) is 14.0. The van der Waals surface area contributed by atoms with Crippen LogP contribution in [0.1, 0.15) is 16.7 Å². The van der Waals surface area contributed by atoms with Crippen molar-refractivity contribution in [3.05, 3.63) is 102 Å². The summed E-state index contributed by atoms with van der Waals surface area (Å²) in [5.41, 5.74) is 6.40. The van der Waals surface area contributed by atoms with E-state index in [1.807, 2.05) is 42.5 Å². The molecule has 1 heteroatoms. The van der Waals surface area contributed by atoms with E-state index in [0.717, 1.165) is 33.3 Å². The molecule has 118 valence electrons. The van der Waals surface area contributed by atoms with Crippen LogP contribution in [0.15, 0.2) is 84.9 Å². The van der Waals surface area contributed by atoms with Gasteiger partial charge in [-0.15, -0.1) is 0 Å². The van der Waals surface area contributed by atoms with Crippen molar-refractivity contribution in [3.8, 4) is 23.1 Å². The lowest BCUT2D eigenvalue weighted by Gasteiger charge is -2.04. The van der Waals surface area contributed by atoms with E-state index in [1.54, 1.807) is 0 Å². The van der Waals surface area contributed by atoms with Gasteiger partial charge in [-0.3, -0.25) is 0 Å². The second kappa shape index (κ2) is 6.63. The Morgan fingerprint density at radius 1 is 0.680 bits per heavy atom. The van der Waals surface area contributed by atoms with Crippen molar-refractivity contribution in [1.29, 1.82) is 0 Å². The van der Waals surface area contributed by atoms with E-state index < -0.39 is 0 Å². The summed E-state index contributed by atoms with van der Waals surface area (Å²) in [5, 5.41) is 1.11. The van der Waals surface area contributed by atoms with Gasteiger partial charge in [0.05, 0.1) is 11.2 Å². The van der Waals surface area contributed by atoms with Crippen LogP contribution in [0.3, 0.4) is 0 Å². The minimum atomic E-state index is 0.989. The van der Waals surface area contributed by atoms with Crippen molar-refractivity contribution < 1.29 is 0 Å². The summed E-state index contributed by atoms with van der Waals surface area (Å²) >= 11 is 0. The van der Waals surface area contributed by atoms with Gasteiger partial charge in [0.2, 0.25) is 0 Å². The molecule has 3 aromatic carbocycles.